The standard InChI is InChI=1S/C16H21N3OS2/c1-5-13(21-12-8-6-11(4)7-9-12)14(20)17-16-19-18-15(22-16)10(2)3/h6-10,13H,5H2,1-4H3,(H,17,19,20). The minimum absolute atomic E-state index is 0.0143. The van der Waals surface area contributed by atoms with Gasteiger partial charge >= 0.3 is 0 Å². The third kappa shape index (κ3) is 4.55. The van der Waals surface area contributed by atoms with Crippen molar-refractivity contribution in [3.05, 3.63) is 34.8 Å². The molecule has 1 atom stereocenters. The van der Waals surface area contributed by atoms with Crippen molar-refractivity contribution < 1.29 is 4.79 Å². The van der Waals surface area contributed by atoms with Gasteiger partial charge in [0.05, 0.1) is 5.25 Å². The highest BCUT2D eigenvalue weighted by atomic mass is 32.2. The van der Waals surface area contributed by atoms with E-state index in [1.54, 1.807) is 11.8 Å². The lowest BCUT2D eigenvalue weighted by Gasteiger charge is -2.13. The van der Waals surface area contributed by atoms with E-state index in [1.807, 2.05) is 6.92 Å². The van der Waals surface area contributed by atoms with Crippen molar-refractivity contribution >= 4 is 34.1 Å². The van der Waals surface area contributed by atoms with Crippen molar-refractivity contribution in [2.24, 2.45) is 0 Å². The zero-order valence-electron chi connectivity index (χ0n) is 13.3. The van der Waals surface area contributed by atoms with E-state index in [2.05, 4.69) is 60.6 Å². The van der Waals surface area contributed by atoms with Gasteiger partial charge in [-0.3, -0.25) is 10.1 Å². The van der Waals surface area contributed by atoms with E-state index in [4.69, 9.17) is 0 Å². The number of aromatic nitrogens is 2. The van der Waals surface area contributed by atoms with Crippen LogP contribution in [0, 0.1) is 6.92 Å². The second-order valence-electron chi connectivity index (χ2n) is 5.42. The Labute approximate surface area is 139 Å². The zero-order valence-corrected chi connectivity index (χ0v) is 14.9. The van der Waals surface area contributed by atoms with Gasteiger partial charge in [0.25, 0.3) is 0 Å². The van der Waals surface area contributed by atoms with Crippen LogP contribution in [0.2, 0.25) is 0 Å². The summed E-state index contributed by atoms with van der Waals surface area (Å²) in [4.78, 5) is 13.5. The lowest BCUT2D eigenvalue weighted by atomic mass is 10.2. The van der Waals surface area contributed by atoms with Gasteiger partial charge in [-0.15, -0.1) is 22.0 Å². The summed E-state index contributed by atoms with van der Waals surface area (Å²) in [6, 6.07) is 8.23. The van der Waals surface area contributed by atoms with E-state index in [-0.39, 0.29) is 11.2 Å². The number of carbonyl (C=O) groups is 1. The Morgan fingerprint density at radius 3 is 2.50 bits per heavy atom. The van der Waals surface area contributed by atoms with Gasteiger partial charge in [0.2, 0.25) is 11.0 Å². The third-order valence-electron chi connectivity index (χ3n) is 3.13. The van der Waals surface area contributed by atoms with Crippen molar-refractivity contribution in [3.63, 3.8) is 0 Å². The molecule has 0 fully saturated rings. The van der Waals surface area contributed by atoms with E-state index < -0.39 is 0 Å². The van der Waals surface area contributed by atoms with Crippen LogP contribution in [0.25, 0.3) is 0 Å². The Morgan fingerprint density at radius 2 is 1.95 bits per heavy atom. The Kier molecular flexibility index (Phi) is 5.97. The molecule has 1 unspecified atom stereocenters. The van der Waals surface area contributed by atoms with Crippen LogP contribution in [0.3, 0.4) is 0 Å². The number of nitrogens with one attached hydrogen (secondary N) is 1. The number of thioether (sulfide) groups is 1. The van der Waals surface area contributed by atoms with Gasteiger partial charge in [0, 0.05) is 10.8 Å². The summed E-state index contributed by atoms with van der Waals surface area (Å²) in [5, 5.41) is 12.4. The molecular weight excluding hydrogens is 314 g/mol. The smallest absolute Gasteiger partial charge is 0.239 e. The summed E-state index contributed by atoms with van der Waals surface area (Å²) < 4.78 is 0. The van der Waals surface area contributed by atoms with E-state index in [1.165, 1.54) is 16.9 Å². The lowest BCUT2D eigenvalue weighted by Crippen LogP contribution is -2.24. The van der Waals surface area contributed by atoms with Gasteiger partial charge in [-0.2, -0.15) is 0 Å². The Bertz CT molecular complexity index is 623. The van der Waals surface area contributed by atoms with Crippen molar-refractivity contribution in [3.8, 4) is 0 Å². The molecule has 0 saturated carbocycles. The quantitative estimate of drug-likeness (QED) is 0.791. The Morgan fingerprint density at radius 1 is 1.27 bits per heavy atom. The molecule has 0 spiro atoms. The van der Waals surface area contributed by atoms with Crippen LogP contribution in [-0.4, -0.2) is 21.4 Å². The fraction of sp³-hybridized carbons (Fsp3) is 0.438. The van der Waals surface area contributed by atoms with E-state index >= 15 is 0 Å². The van der Waals surface area contributed by atoms with Crippen LogP contribution < -0.4 is 5.32 Å². The predicted molar refractivity (Wildman–Crippen MR) is 93.7 cm³/mol. The Hall–Kier alpha value is -1.40. The monoisotopic (exact) mass is 335 g/mol. The molecule has 2 aromatic rings. The molecule has 118 valence electrons. The molecule has 4 nitrogen and oxygen atoms in total. The minimum Gasteiger partial charge on any atom is -0.300 e. The number of nitrogens with zero attached hydrogens (tertiary/aromatic N) is 2. The zero-order chi connectivity index (χ0) is 16.1. The van der Waals surface area contributed by atoms with Crippen LogP contribution in [-0.2, 0) is 4.79 Å². The van der Waals surface area contributed by atoms with Crippen LogP contribution in [0.4, 0.5) is 5.13 Å². The van der Waals surface area contributed by atoms with Gasteiger partial charge in [0.15, 0.2) is 0 Å². The summed E-state index contributed by atoms with van der Waals surface area (Å²) in [5.74, 6) is 0.312. The summed E-state index contributed by atoms with van der Waals surface area (Å²) >= 11 is 3.02. The molecule has 1 heterocycles. The van der Waals surface area contributed by atoms with E-state index in [0.717, 1.165) is 16.3 Å². The number of rotatable bonds is 6. The number of benzene rings is 1. The van der Waals surface area contributed by atoms with Gasteiger partial charge in [-0.25, -0.2) is 0 Å². The Balaban J connectivity index is 2.00. The van der Waals surface area contributed by atoms with Crippen LogP contribution in [0.5, 0.6) is 0 Å². The number of amides is 1. The summed E-state index contributed by atoms with van der Waals surface area (Å²) in [6.45, 7) is 8.20. The molecule has 1 aromatic heterocycles. The fourth-order valence-electron chi connectivity index (χ4n) is 1.81. The topological polar surface area (TPSA) is 54.9 Å². The number of aryl methyl sites for hydroxylation is 1. The SMILES string of the molecule is CCC(Sc1ccc(C)cc1)C(=O)Nc1nnc(C(C)C)s1. The molecule has 1 amide bonds. The van der Waals surface area contributed by atoms with Crippen LogP contribution >= 0.6 is 23.1 Å². The number of carbonyl (C=O) groups excluding carboxylic acids is 1. The summed E-state index contributed by atoms with van der Waals surface area (Å²) in [6.07, 6.45) is 0.764. The highest BCUT2D eigenvalue weighted by molar-refractivity contribution is 8.00. The normalized spacial score (nSPS) is 12.4. The first-order valence-electron chi connectivity index (χ1n) is 7.37. The maximum Gasteiger partial charge on any atom is 0.239 e. The summed E-state index contributed by atoms with van der Waals surface area (Å²) in [5.41, 5.74) is 1.22. The molecule has 6 heteroatoms. The molecule has 0 saturated heterocycles. The first-order chi connectivity index (χ1) is 10.5. The second-order valence-corrected chi connectivity index (χ2v) is 7.70. The molecule has 0 aliphatic carbocycles. The van der Waals surface area contributed by atoms with Crippen LogP contribution in [0.15, 0.2) is 29.2 Å². The van der Waals surface area contributed by atoms with E-state index in [0.29, 0.717) is 11.0 Å². The summed E-state index contributed by atoms with van der Waals surface area (Å²) in [7, 11) is 0. The van der Waals surface area contributed by atoms with E-state index in [9.17, 15) is 4.79 Å². The molecule has 1 N–H and O–H groups in total. The maximum atomic E-state index is 12.4. The third-order valence-corrected chi connectivity index (χ3v) is 5.64. The highest BCUT2D eigenvalue weighted by Crippen LogP contribution is 2.28. The average Bonchev–Trinajstić information content (AvgIpc) is 2.95. The first kappa shape index (κ1) is 17.0. The maximum absolute atomic E-state index is 12.4. The fourth-order valence-corrected chi connectivity index (χ4v) is 3.51. The van der Waals surface area contributed by atoms with Crippen molar-refractivity contribution in [2.45, 2.75) is 50.2 Å². The molecule has 22 heavy (non-hydrogen) atoms. The minimum atomic E-state index is -0.130. The lowest BCUT2D eigenvalue weighted by molar-refractivity contribution is -0.115. The first-order valence-corrected chi connectivity index (χ1v) is 9.06. The average molecular weight is 335 g/mol. The number of hydrogen-bond donors (Lipinski definition) is 1. The molecule has 2 rings (SSSR count). The number of anilines is 1. The molecule has 0 radical (unpaired) electrons. The van der Waals surface area contributed by atoms with Gasteiger partial charge in [-0.05, 0) is 25.5 Å². The molecule has 1 aromatic carbocycles. The predicted octanol–water partition coefficient (Wildman–Crippen LogP) is 4.48. The molecule has 0 aliphatic heterocycles. The van der Waals surface area contributed by atoms with Crippen molar-refractivity contribution in [1.29, 1.82) is 0 Å². The second kappa shape index (κ2) is 7.74. The molecular formula is C16H21N3OS2. The largest absolute Gasteiger partial charge is 0.300 e. The van der Waals surface area contributed by atoms with Gasteiger partial charge in [-0.1, -0.05) is 49.8 Å². The number of hydrogen-bond acceptors (Lipinski definition) is 5. The van der Waals surface area contributed by atoms with Crippen molar-refractivity contribution in [1.82, 2.24) is 10.2 Å². The highest BCUT2D eigenvalue weighted by Gasteiger charge is 2.20. The van der Waals surface area contributed by atoms with Crippen molar-refractivity contribution in [2.75, 3.05) is 5.32 Å². The van der Waals surface area contributed by atoms with Gasteiger partial charge in [0.1, 0.15) is 5.01 Å². The van der Waals surface area contributed by atoms with Crippen LogP contribution in [0.1, 0.15) is 43.7 Å². The molecule has 0 aliphatic rings. The molecule has 0 bridgehead atoms. The van der Waals surface area contributed by atoms with Gasteiger partial charge < -0.3 is 0 Å².